The Morgan fingerprint density at radius 1 is 1.37 bits per heavy atom. The van der Waals surface area contributed by atoms with Crippen LogP contribution in [-0.4, -0.2) is 21.0 Å². The van der Waals surface area contributed by atoms with Crippen LogP contribution in [0.2, 0.25) is 5.02 Å². The molecule has 2 rings (SSSR count). The van der Waals surface area contributed by atoms with Crippen molar-refractivity contribution in [1.29, 1.82) is 0 Å². The van der Waals surface area contributed by atoms with E-state index in [4.69, 9.17) is 22.4 Å². The van der Waals surface area contributed by atoms with Gasteiger partial charge in [-0.15, -0.1) is 0 Å². The maximum atomic E-state index is 10.6. The van der Waals surface area contributed by atoms with Crippen molar-refractivity contribution in [3.63, 3.8) is 0 Å². The van der Waals surface area contributed by atoms with Gasteiger partial charge in [-0.25, -0.2) is 9.97 Å². The average Bonchev–Trinajstić information content (AvgIpc) is 2.38. The molecular weight excluding hydrogens is 266 g/mol. The molecular formula is C13H12ClN3O2. The van der Waals surface area contributed by atoms with E-state index in [-0.39, 0.29) is 6.42 Å². The number of nitrogens with two attached hydrogens (primary N) is 1. The van der Waals surface area contributed by atoms with Crippen molar-refractivity contribution < 1.29 is 9.90 Å². The zero-order valence-corrected chi connectivity index (χ0v) is 10.7. The van der Waals surface area contributed by atoms with E-state index in [0.717, 1.165) is 5.56 Å². The highest BCUT2D eigenvalue weighted by Crippen LogP contribution is 2.20. The monoisotopic (exact) mass is 277 g/mol. The van der Waals surface area contributed by atoms with Gasteiger partial charge in [-0.1, -0.05) is 23.7 Å². The van der Waals surface area contributed by atoms with Crippen molar-refractivity contribution in [2.24, 2.45) is 5.73 Å². The van der Waals surface area contributed by atoms with Crippen LogP contribution in [-0.2, 0) is 4.79 Å². The average molecular weight is 278 g/mol. The Kier molecular flexibility index (Phi) is 4.09. The summed E-state index contributed by atoms with van der Waals surface area (Å²) < 4.78 is 0. The van der Waals surface area contributed by atoms with E-state index in [2.05, 4.69) is 9.97 Å². The van der Waals surface area contributed by atoms with E-state index >= 15 is 0 Å². The molecule has 0 fully saturated rings. The van der Waals surface area contributed by atoms with Crippen molar-refractivity contribution in [3.05, 3.63) is 47.2 Å². The number of rotatable bonds is 4. The molecule has 0 aliphatic rings. The van der Waals surface area contributed by atoms with Crippen LogP contribution in [0.4, 0.5) is 0 Å². The smallest absolute Gasteiger partial charge is 0.305 e. The van der Waals surface area contributed by atoms with E-state index in [1.807, 2.05) is 12.1 Å². The number of aromatic nitrogens is 2. The molecule has 0 spiro atoms. The Morgan fingerprint density at radius 2 is 2.05 bits per heavy atom. The van der Waals surface area contributed by atoms with Gasteiger partial charge in [-0.3, -0.25) is 4.79 Å². The Labute approximate surface area is 115 Å². The second-order valence-electron chi connectivity index (χ2n) is 4.05. The molecule has 19 heavy (non-hydrogen) atoms. The summed E-state index contributed by atoms with van der Waals surface area (Å²) in [6.07, 6.45) is 2.92. The van der Waals surface area contributed by atoms with Gasteiger partial charge in [0.05, 0.1) is 6.42 Å². The zero-order chi connectivity index (χ0) is 13.8. The normalized spacial score (nSPS) is 12.1. The fourth-order valence-electron chi connectivity index (χ4n) is 1.61. The Balaban J connectivity index is 2.21. The molecule has 2 aromatic rings. The lowest BCUT2D eigenvalue weighted by Crippen LogP contribution is -2.15. The molecule has 1 heterocycles. The molecule has 0 bridgehead atoms. The molecule has 0 saturated heterocycles. The first kappa shape index (κ1) is 13.5. The first-order chi connectivity index (χ1) is 9.06. The first-order valence-electron chi connectivity index (χ1n) is 5.61. The van der Waals surface area contributed by atoms with Gasteiger partial charge in [0.15, 0.2) is 5.82 Å². The third-order valence-electron chi connectivity index (χ3n) is 2.58. The molecule has 0 amide bonds. The van der Waals surface area contributed by atoms with E-state index in [1.165, 1.54) is 12.4 Å². The molecule has 0 aliphatic carbocycles. The number of carboxylic acid groups (broad SMARTS) is 1. The van der Waals surface area contributed by atoms with Gasteiger partial charge in [0.25, 0.3) is 0 Å². The van der Waals surface area contributed by atoms with Crippen LogP contribution in [0.1, 0.15) is 18.0 Å². The van der Waals surface area contributed by atoms with Crippen molar-refractivity contribution in [2.75, 3.05) is 0 Å². The third kappa shape index (κ3) is 3.49. The topological polar surface area (TPSA) is 89.1 Å². The Hall–Kier alpha value is -1.98. The van der Waals surface area contributed by atoms with Crippen LogP contribution in [0.3, 0.4) is 0 Å². The quantitative estimate of drug-likeness (QED) is 0.895. The highest BCUT2D eigenvalue weighted by molar-refractivity contribution is 6.30. The van der Waals surface area contributed by atoms with Gasteiger partial charge in [0.1, 0.15) is 0 Å². The molecule has 0 radical (unpaired) electrons. The van der Waals surface area contributed by atoms with Crippen LogP contribution >= 0.6 is 11.6 Å². The minimum Gasteiger partial charge on any atom is -0.481 e. The number of benzene rings is 1. The predicted octanol–water partition coefficient (Wildman–Crippen LogP) is 2.27. The van der Waals surface area contributed by atoms with E-state index in [9.17, 15) is 4.79 Å². The van der Waals surface area contributed by atoms with Crippen molar-refractivity contribution in [2.45, 2.75) is 12.5 Å². The van der Waals surface area contributed by atoms with E-state index < -0.39 is 12.0 Å². The Bertz CT molecular complexity index is 587. The van der Waals surface area contributed by atoms with Crippen molar-refractivity contribution >= 4 is 17.6 Å². The fourth-order valence-corrected chi connectivity index (χ4v) is 1.80. The number of nitrogens with zero attached hydrogens (tertiary/aromatic N) is 2. The van der Waals surface area contributed by atoms with Gasteiger partial charge in [-0.05, 0) is 12.1 Å². The largest absolute Gasteiger partial charge is 0.481 e. The molecule has 1 atom stereocenters. The van der Waals surface area contributed by atoms with Crippen molar-refractivity contribution in [1.82, 2.24) is 9.97 Å². The van der Waals surface area contributed by atoms with Gasteiger partial charge in [-0.2, -0.15) is 0 Å². The molecule has 1 aromatic heterocycles. The molecule has 3 N–H and O–H groups in total. The SMILES string of the molecule is NC(CC(=O)O)c1cnc(-c2cccc(Cl)c2)nc1. The summed E-state index contributed by atoms with van der Waals surface area (Å²) in [4.78, 5) is 18.9. The second-order valence-corrected chi connectivity index (χ2v) is 4.49. The van der Waals surface area contributed by atoms with Crippen LogP contribution in [0.25, 0.3) is 11.4 Å². The van der Waals surface area contributed by atoms with Crippen LogP contribution in [0.5, 0.6) is 0 Å². The third-order valence-corrected chi connectivity index (χ3v) is 2.81. The molecule has 1 aromatic carbocycles. The summed E-state index contributed by atoms with van der Waals surface area (Å²) in [5, 5.41) is 9.28. The van der Waals surface area contributed by atoms with E-state index in [1.54, 1.807) is 12.1 Å². The summed E-state index contributed by atoms with van der Waals surface area (Å²) in [6.45, 7) is 0. The number of hydrogen-bond acceptors (Lipinski definition) is 4. The number of hydrogen-bond donors (Lipinski definition) is 2. The Morgan fingerprint density at radius 3 is 2.63 bits per heavy atom. The highest BCUT2D eigenvalue weighted by Gasteiger charge is 2.12. The van der Waals surface area contributed by atoms with Crippen LogP contribution in [0, 0.1) is 0 Å². The summed E-state index contributed by atoms with van der Waals surface area (Å²) >= 11 is 5.89. The van der Waals surface area contributed by atoms with Crippen molar-refractivity contribution in [3.8, 4) is 11.4 Å². The van der Waals surface area contributed by atoms with Gasteiger partial charge < -0.3 is 10.8 Å². The molecule has 1 unspecified atom stereocenters. The zero-order valence-electron chi connectivity index (χ0n) is 9.95. The highest BCUT2D eigenvalue weighted by atomic mass is 35.5. The van der Waals surface area contributed by atoms with Gasteiger partial charge in [0.2, 0.25) is 0 Å². The summed E-state index contributed by atoms with van der Waals surface area (Å²) in [7, 11) is 0. The molecule has 98 valence electrons. The number of carbonyl (C=O) groups is 1. The minimum absolute atomic E-state index is 0.153. The minimum atomic E-state index is -0.952. The van der Waals surface area contributed by atoms with Gasteiger partial charge in [0, 0.05) is 34.6 Å². The number of halogens is 1. The molecule has 0 saturated carbocycles. The standard InChI is InChI=1S/C13H12ClN3O2/c14-10-3-1-2-8(4-10)13-16-6-9(7-17-13)11(15)5-12(18)19/h1-4,6-7,11H,5,15H2,(H,18,19). The lowest BCUT2D eigenvalue weighted by atomic mass is 10.1. The number of carboxylic acids is 1. The molecule has 6 heteroatoms. The van der Waals surface area contributed by atoms with Crippen LogP contribution in [0.15, 0.2) is 36.7 Å². The molecule has 0 aliphatic heterocycles. The van der Waals surface area contributed by atoms with Gasteiger partial charge >= 0.3 is 5.97 Å². The first-order valence-corrected chi connectivity index (χ1v) is 5.99. The fraction of sp³-hybridized carbons (Fsp3) is 0.154. The summed E-state index contributed by atoms with van der Waals surface area (Å²) in [5.41, 5.74) is 7.11. The molecule has 5 nitrogen and oxygen atoms in total. The maximum absolute atomic E-state index is 10.6. The lowest BCUT2D eigenvalue weighted by molar-refractivity contribution is -0.137. The van der Waals surface area contributed by atoms with Crippen LogP contribution < -0.4 is 5.73 Å². The summed E-state index contributed by atoms with van der Waals surface area (Å²) in [6, 6.07) is 6.57. The lowest BCUT2D eigenvalue weighted by Gasteiger charge is -2.08. The predicted molar refractivity (Wildman–Crippen MR) is 71.7 cm³/mol. The number of aliphatic carboxylic acids is 1. The second kappa shape index (κ2) is 5.77. The maximum Gasteiger partial charge on any atom is 0.305 e. The summed E-state index contributed by atoms with van der Waals surface area (Å²) in [5.74, 6) is -0.430. The van der Waals surface area contributed by atoms with E-state index in [0.29, 0.717) is 16.4 Å².